The predicted molar refractivity (Wildman–Crippen MR) is 45.5 cm³/mol. The van der Waals surface area contributed by atoms with Crippen LogP contribution in [0.2, 0.25) is 0 Å². The van der Waals surface area contributed by atoms with Crippen LogP contribution in [0, 0.1) is 5.41 Å². The van der Waals surface area contributed by atoms with Crippen LogP contribution in [0.25, 0.3) is 0 Å². The van der Waals surface area contributed by atoms with Crippen molar-refractivity contribution in [2.75, 3.05) is 19.1 Å². The van der Waals surface area contributed by atoms with E-state index in [-0.39, 0.29) is 0 Å². The number of hydrogen-bond donors (Lipinski definition) is 1. The fourth-order valence-corrected chi connectivity index (χ4v) is 1.87. The molecule has 0 aromatic carbocycles. The number of alkyl halides is 1. The molecule has 70 valence electrons. The van der Waals surface area contributed by atoms with Crippen LogP contribution in [0.5, 0.6) is 0 Å². The third-order valence-corrected chi connectivity index (χ3v) is 2.54. The molecule has 0 aromatic heterocycles. The lowest BCUT2D eigenvalue weighted by Crippen LogP contribution is -2.39. The van der Waals surface area contributed by atoms with Crippen LogP contribution >= 0.6 is 11.6 Å². The summed E-state index contributed by atoms with van der Waals surface area (Å²) in [5, 5.41) is 8.98. The highest BCUT2D eigenvalue weighted by atomic mass is 35.5. The van der Waals surface area contributed by atoms with Crippen LogP contribution in [0.3, 0.4) is 0 Å². The average Bonchev–Trinajstić information content (AvgIpc) is 2.06. The summed E-state index contributed by atoms with van der Waals surface area (Å²) in [5.41, 5.74) is -0.708. The van der Waals surface area contributed by atoms with Crippen molar-refractivity contribution in [2.24, 2.45) is 5.41 Å². The molecule has 1 heterocycles. The van der Waals surface area contributed by atoms with E-state index in [1.54, 1.807) is 0 Å². The van der Waals surface area contributed by atoms with E-state index in [0.717, 1.165) is 6.42 Å². The molecular formula is C8H13ClO3. The van der Waals surface area contributed by atoms with E-state index in [9.17, 15) is 4.79 Å². The maximum absolute atomic E-state index is 10.9. The third kappa shape index (κ3) is 1.90. The molecule has 1 atom stereocenters. The highest BCUT2D eigenvalue weighted by molar-refractivity contribution is 6.18. The molecule has 0 saturated carbocycles. The molecule has 4 heteroatoms. The van der Waals surface area contributed by atoms with Gasteiger partial charge in [-0.15, -0.1) is 11.6 Å². The topological polar surface area (TPSA) is 46.5 Å². The number of carbonyl (C=O) groups is 1. The van der Waals surface area contributed by atoms with Crippen LogP contribution in [0.4, 0.5) is 0 Å². The third-order valence-electron chi connectivity index (χ3n) is 2.35. The molecule has 12 heavy (non-hydrogen) atoms. The van der Waals surface area contributed by atoms with Crippen LogP contribution in [0.15, 0.2) is 0 Å². The number of ether oxygens (including phenoxy) is 1. The Kier molecular flexibility index (Phi) is 3.35. The largest absolute Gasteiger partial charge is 0.481 e. The molecule has 1 fully saturated rings. The standard InChI is InChI=1S/C8H13ClO3/c9-4-3-8(7(10)11)2-1-5-12-6-8/h1-6H2,(H,10,11). The number of aliphatic carboxylic acids is 1. The van der Waals surface area contributed by atoms with Crippen molar-refractivity contribution < 1.29 is 14.6 Å². The van der Waals surface area contributed by atoms with Gasteiger partial charge in [0.15, 0.2) is 0 Å². The number of carboxylic acids is 1. The fraction of sp³-hybridized carbons (Fsp3) is 0.875. The lowest BCUT2D eigenvalue weighted by molar-refractivity contribution is -0.157. The van der Waals surface area contributed by atoms with Gasteiger partial charge in [0.05, 0.1) is 12.0 Å². The molecule has 0 spiro atoms. The molecule has 1 N–H and O–H groups in total. The summed E-state index contributed by atoms with van der Waals surface area (Å²) in [5.74, 6) is -0.391. The lowest BCUT2D eigenvalue weighted by atomic mass is 9.80. The Morgan fingerprint density at radius 3 is 2.83 bits per heavy atom. The van der Waals surface area contributed by atoms with Crippen LogP contribution in [-0.2, 0) is 9.53 Å². The molecule has 0 aliphatic carbocycles. The van der Waals surface area contributed by atoms with E-state index < -0.39 is 11.4 Å². The summed E-state index contributed by atoms with van der Waals surface area (Å²) < 4.78 is 5.16. The molecular weight excluding hydrogens is 180 g/mol. The Labute approximate surface area is 76.7 Å². The first kappa shape index (κ1) is 9.81. The zero-order valence-electron chi connectivity index (χ0n) is 6.88. The summed E-state index contributed by atoms with van der Waals surface area (Å²) in [7, 11) is 0. The first-order valence-electron chi connectivity index (χ1n) is 4.08. The van der Waals surface area contributed by atoms with E-state index in [0.29, 0.717) is 31.9 Å². The van der Waals surface area contributed by atoms with Gasteiger partial charge in [-0.2, -0.15) is 0 Å². The highest BCUT2D eigenvalue weighted by Gasteiger charge is 2.39. The quantitative estimate of drug-likeness (QED) is 0.690. The SMILES string of the molecule is O=C(O)C1(CCCl)CCCOC1. The first-order chi connectivity index (χ1) is 5.71. The minimum atomic E-state index is -0.775. The van der Waals surface area contributed by atoms with Gasteiger partial charge in [-0.25, -0.2) is 0 Å². The zero-order chi connectivity index (χ0) is 9.03. The van der Waals surface area contributed by atoms with E-state index >= 15 is 0 Å². The summed E-state index contributed by atoms with van der Waals surface area (Å²) in [6, 6.07) is 0. The maximum atomic E-state index is 10.9. The highest BCUT2D eigenvalue weighted by Crippen LogP contribution is 2.32. The number of carboxylic acid groups (broad SMARTS) is 1. The van der Waals surface area contributed by atoms with Crippen molar-refractivity contribution in [2.45, 2.75) is 19.3 Å². The van der Waals surface area contributed by atoms with Gasteiger partial charge in [-0.05, 0) is 19.3 Å². The summed E-state index contributed by atoms with van der Waals surface area (Å²) in [4.78, 5) is 10.9. The molecule has 0 aromatic rings. The minimum absolute atomic E-state index is 0.315. The monoisotopic (exact) mass is 192 g/mol. The second-order valence-electron chi connectivity index (χ2n) is 3.18. The molecule has 0 radical (unpaired) electrons. The van der Waals surface area contributed by atoms with Crippen molar-refractivity contribution in [3.05, 3.63) is 0 Å². The van der Waals surface area contributed by atoms with Gasteiger partial charge in [0.25, 0.3) is 0 Å². The van der Waals surface area contributed by atoms with E-state index in [2.05, 4.69) is 0 Å². The maximum Gasteiger partial charge on any atom is 0.312 e. The average molecular weight is 193 g/mol. The summed E-state index contributed by atoms with van der Waals surface area (Å²) in [6.45, 7) is 0.992. The van der Waals surface area contributed by atoms with Crippen LogP contribution < -0.4 is 0 Å². The first-order valence-corrected chi connectivity index (χ1v) is 4.62. The molecule has 1 rings (SSSR count). The van der Waals surface area contributed by atoms with Crippen molar-refractivity contribution in [3.63, 3.8) is 0 Å². The van der Waals surface area contributed by atoms with E-state index in [4.69, 9.17) is 21.4 Å². The molecule has 1 aliphatic rings. The number of rotatable bonds is 3. The normalized spacial score (nSPS) is 30.1. The molecule has 1 saturated heterocycles. The Hall–Kier alpha value is -0.280. The van der Waals surface area contributed by atoms with E-state index in [1.165, 1.54) is 0 Å². The zero-order valence-corrected chi connectivity index (χ0v) is 7.64. The number of halogens is 1. The number of hydrogen-bond acceptors (Lipinski definition) is 2. The fourth-order valence-electron chi connectivity index (χ4n) is 1.51. The minimum Gasteiger partial charge on any atom is -0.481 e. The van der Waals surface area contributed by atoms with Gasteiger partial charge in [0, 0.05) is 12.5 Å². The molecule has 1 unspecified atom stereocenters. The Morgan fingerprint density at radius 1 is 1.67 bits per heavy atom. The van der Waals surface area contributed by atoms with Gasteiger partial charge in [0.1, 0.15) is 0 Å². The van der Waals surface area contributed by atoms with E-state index in [1.807, 2.05) is 0 Å². The molecule has 3 nitrogen and oxygen atoms in total. The van der Waals surface area contributed by atoms with Crippen LogP contribution in [-0.4, -0.2) is 30.2 Å². The predicted octanol–water partition coefficient (Wildman–Crippen LogP) is 1.50. The van der Waals surface area contributed by atoms with Crippen molar-refractivity contribution >= 4 is 17.6 Å². The molecule has 0 amide bonds. The molecule has 0 bridgehead atoms. The van der Waals surface area contributed by atoms with Gasteiger partial charge < -0.3 is 9.84 Å². The second kappa shape index (κ2) is 4.10. The molecule has 1 aliphatic heterocycles. The van der Waals surface area contributed by atoms with Crippen LogP contribution in [0.1, 0.15) is 19.3 Å². The summed E-state index contributed by atoms with van der Waals surface area (Å²) in [6.07, 6.45) is 2.02. The van der Waals surface area contributed by atoms with Crippen molar-refractivity contribution in [3.8, 4) is 0 Å². The van der Waals surface area contributed by atoms with Gasteiger partial charge in [-0.1, -0.05) is 0 Å². The van der Waals surface area contributed by atoms with Gasteiger partial charge >= 0.3 is 5.97 Å². The smallest absolute Gasteiger partial charge is 0.312 e. The Bertz CT molecular complexity index is 158. The van der Waals surface area contributed by atoms with Crippen molar-refractivity contribution in [1.29, 1.82) is 0 Å². The lowest BCUT2D eigenvalue weighted by Gasteiger charge is -2.32. The van der Waals surface area contributed by atoms with Gasteiger partial charge in [0.2, 0.25) is 0 Å². The summed E-state index contributed by atoms with van der Waals surface area (Å²) >= 11 is 5.55. The Morgan fingerprint density at radius 2 is 2.42 bits per heavy atom. The van der Waals surface area contributed by atoms with Crippen molar-refractivity contribution in [1.82, 2.24) is 0 Å². The van der Waals surface area contributed by atoms with Gasteiger partial charge in [-0.3, -0.25) is 4.79 Å². The second-order valence-corrected chi connectivity index (χ2v) is 3.56. The Balaban J connectivity index is 2.63.